The molecule has 1 amide bonds. The lowest BCUT2D eigenvalue weighted by Gasteiger charge is -2.24. The number of amides is 1. The van der Waals surface area contributed by atoms with Gasteiger partial charge in [-0.05, 0) is 61.9 Å². The fraction of sp³-hybridized carbons (Fsp3) is 0.292. The number of aromatic nitrogens is 1. The zero-order valence-electron chi connectivity index (χ0n) is 18.3. The Hall–Kier alpha value is -3.10. The van der Waals surface area contributed by atoms with Gasteiger partial charge in [0.2, 0.25) is 5.91 Å². The SMILES string of the molecule is CN(c1ccccc1)S(=O)(=O)c1cccc(NC(=O)CN2CCC[C@H]2c2cccn2C)c1. The number of benzene rings is 2. The van der Waals surface area contributed by atoms with Gasteiger partial charge in [0.1, 0.15) is 0 Å². The van der Waals surface area contributed by atoms with Crippen molar-refractivity contribution in [1.29, 1.82) is 0 Å². The van der Waals surface area contributed by atoms with E-state index in [0.29, 0.717) is 11.4 Å². The number of para-hydroxylation sites is 1. The molecule has 2 aromatic carbocycles. The van der Waals surface area contributed by atoms with Gasteiger partial charge in [0.05, 0.1) is 23.2 Å². The van der Waals surface area contributed by atoms with Gasteiger partial charge in [-0.2, -0.15) is 0 Å². The van der Waals surface area contributed by atoms with Crippen molar-refractivity contribution < 1.29 is 13.2 Å². The maximum absolute atomic E-state index is 13.1. The van der Waals surface area contributed by atoms with Crippen molar-refractivity contribution in [3.8, 4) is 0 Å². The second kappa shape index (κ2) is 9.18. The van der Waals surface area contributed by atoms with Gasteiger partial charge in [0.15, 0.2) is 0 Å². The van der Waals surface area contributed by atoms with Crippen molar-refractivity contribution >= 4 is 27.3 Å². The van der Waals surface area contributed by atoms with Gasteiger partial charge in [0.25, 0.3) is 10.0 Å². The molecule has 0 saturated carbocycles. The summed E-state index contributed by atoms with van der Waals surface area (Å²) in [6.07, 6.45) is 4.08. The Labute approximate surface area is 189 Å². The molecule has 1 aromatic heterocycles. The van der Waals surface area contributed by atoms with Crippen LogP contribution in [0.15, 0.2) is 77.8 Å². The first-order chi connectivity index (χ1) is 15.4. The fourth-order valence-corrected chi connectivity index (χ4v) is 5.47. The summed E-state index contributed by atoms with van der Waals surface area (Å²) in [5.41, 5.74) is 2.24. The largest absolute Gasteiger partial charge is 0.353 e. The lowest BCUT2D eigenvalue weighted by Crippen LogP contribution is -2.33. The minimum absolute atomic E-state index is 0.129. The number of sulfonamides is 1. The van der Waals surface area contributed by atoms with E-state index in [2.05, 4.69) is 20.9 Å². The molecular weight excluding hydrogens is 424 g/mol. The van der Waals surface area contributed by atoms with Gasteiger partial charge in [-0.3, -0.25) is 14.0 Å². The van der Waals surface area contributed by atoms with Crippen LogP contribution in [0, 0.1) is 0 Å². The van der Waals surface area contributed by atoms with Crippen LogP contribution in [-0.2, 0) is 21.9 Å². The van der Waals surface area contributed by atoms with Crippen LogP contribution in [0.5, 0.6) is 0 Å². The second-order valence-corrected chi connectivity index (χ2v) is 10.0. The average Bonchev–Trinajstić information content (AvgIpc) is 3.42. The summed E-state index contributed by atoms with van der Waals surface area (Å²) in [6, 6.07) is 19.6. The maximum Gasteiger partial charge on any atom is 0.264 e. The van der Waals surface area contributed by atoms with Gasteiger partial charge < -0.3 is 9.88 Å². The first kappa shape index (κ1) is 22.1. The van der Waals surface area contributed by atoms with E-state index in [9.17, 15) is 13.2 Å². The highest BCUT2D eigenvalue weighted by molar-refractivity contribution is 7.92. The van der Waals surface area contributed by atoms with Crippen LogP contribution in [-0.4, -0.2) is 43.9 Å². The summed E-state index contributed by atoms with van der Waals surface area (Å²) < 4.78 is 29.5. The molecule has 1 aliphatic heterocycles. The Kier molecular flexibility index (Phi) is 6.34. The highest BCUT2D eigenvalue weighted by Crippen LogP contribution is 2.31. The van der Waals surface area contributed by atoms with Crippen LogP contribution in [0.1, 0.15) is 24.6 Å². The molecule has 0 unspecified atom stereocenters. The molecule has 0 aliphatic carbocycles. The topological polar surface area (TPSA) is 74.7 Å². The summed E-state index contributed by atoms with van der Waals surface area (Å²) in [7, 11) is -0.208. The number of aryl methyl sites for hydroxylation is 1. The third kappa shape index (κ3) is 4.56. The molecule has 1 N–H and O–H groups in total. The predicted molar refractivity (Wildman–Crippen MR) is 126 cm³/mol. The molecule has 0 radical (unpaired) electrons. The van der Waals surface area contributed by atoms with E-state index >= 15 is 0 Å². The van der Waals surface area contributed by atoms with E-state index in [-0.39, 0.29) is 23.4 Å². The first-order valence-electron chi connectivity index (χ1n) is 10.7. The van der Waals surface area contributed by atoms with Crippen LogP contribution in [0.3, 0.4) is 0 Å². The van der Waals surface area contributed by atoms with E-state index < -0.39 is 10.0 Å². The Morgan fingerprint density at radius 1 is 1.09 bits per heavy atom. The Morgan fingerprint density at radius 3 is 2.59 bits per heavy atom. The highest BCUT2D eigenvalue weighted by Gasteiger charge is 2.29. The normalized spacial score (nSPS) is 16.8. The third-order valence-corrected chi connectivity index (χ3v) is 7.71. The molecule has 0 bridgehead atoms. The molecule has 1 atom stereocenters. The van der Waals surface area contributed by atoms with E-state index in [4.69, 9.17) is 0 Å². The molecule has 1 saturated heterocycles. The van der Waals surface area contributed by atoms with Crippen molar-refractivity contribution in [2.75, 3.05) is 29.8 Å². The summed E-state index contributed by atoms with van der Waals surface area (Å²) in [6.45, 7) is 1.12. The van der Waals surface area contributed by atoms with Crippen LogP contribution >= 0.6 is 0 Å². The van der Waals surface area contributed by atoms with Crippen molar-refractivity contribution in [3.05, 3.63) is 78.6 Å². The standard InChI is InChI=1S/C24H28N4O3S/c1-26-15-7-13-22(26)23-14-8-16-28(23)18-24(29)25-19-9-6-12-21(17-19)32(30,31)27(2)20-10-4-3-5-11-20/h3-7,9-13,15,17,23H,8,14,16,18H2,1-2H3,(H,25,29)/t23-/m0/s1. The predicted octanol–water partition coefficient (Wildman–Crippen LogP) is 3.63. The smallest absolute Gasteiger partial charge is 0.264 e. The summed E-state index contributed by atoms with van der Waals surface area (Å²) in [5, 5.41) is 2.87. The fourth-order valence-electron chi connectivity index (χ4n) is 4.22. The van der Waals surface area contributed by atoms with Crippen molar-refractivity contribution in [2.24, 2.45) is 7.05 Å². The quantitative estimate of drug-likeness (QED) is 0.594. The Balaban J connectivity index is 1.46. The lowest BCUT2D eigenvalue weighted by molar-refractivity contribution is -0.117. The zero-order chi connectivity index (χ0) is 22.7. The van der Waals surface area contributed by atoms with Crippen LogP contribution < -0.4 is 9.62 Å². The van der Waals surface area contributed by atoms with Crippen LogP contribution in [0.2, 0.25) is 0 Å². The van der Waals surface area contributed by atoms with Crippen molar-refractivity contribution in [3.63, 3.8) is 0 Å². The molecule has 1 aliphatic rings. The molecule has 7 nitrogen and oxygen atoms in total. The van der Waals surface area contributed by atoms with Gasteiger partial charge in [0, 0.05) is 31.7 Å². The summed E-state index contributed by atoms with van der Waals surface area (Å²) in [5.74, 6) is -0.155. The molecule has 4 rings (SSSR count). The molecule has 1 fully saturated rings. The van der Waals surface area contributed by atoms with Crippen LogP contribution in [0.25, 0.3) is 0 Å². The zero-order valence-corrected chi connectivity index (χ0v) is 19.1. The van der Waals surface area contributed by atoms with E-state index in [1.54, 1.807) is 36.4 Å². The Morgan fingerprint density at radius 2 is 1.88 bits per heavy atom. The minimum Gasteiger partial charge on any atom is -0.353 e. The number of carbonyl (C=O) groups is 1. The molecule has 3 aromatic rings. The van der Waals surface area contributed by atoms with Crippen LogP contribution in [0.4, 0.5) is 11.4 Å². The molecule has 0 spiro atoms. The maximum atomic E-state index is 13.1. The number of rotatable bonds is 7. The number of anilines is 2. The lowest BCUT2D eigenvalue weighted by atomic mass is 10.1. The highest BCUT2D eigenvalue weighted by atomic mass is 32.2. The van der Waals surface area contributed by atoms with Gasteiger partial charge in [-0.15, -0.1) is 0 Å². The number of nitrogens with zero attached hydrogens (tertiary/aromatic N) is 3. The van der Waals surface area contributed by atoms with E-state index in [0.717, 1.165) is 19.4 Å². The molecule has 32 heavy (non-hydrogen) atoms. The number of likely N-dealkylation sites (tertiary alicyclic amines) is 1. The van der Waals surface area contributed by atoms with Crippen molar-refractivity contribution in [2.45, 2.75) is 23.8 Å². The molecule has 8 heteroatoms. The second-order valence-electron chi connectivity index (χ2n) is 8.06. The summed E-state index contributed by atoms with van der Waals surface area (Å²) in [4.78, 5) is 15.1. The average molecular weight is 453 g/mol. The summed E-state index contributed by atoms with van der Waals surface area (Å²) >= 11 is 0. The number of nitrogens with one attached hydrogen (secondary N) is 1. The molecule has 2 heterocycles. The van der Waals surface area contributed by atoms with E-state index in [1.807, 2.05) is 25.4 Å². The van der Waals surface area contributed by atoms with E-state index in [1.165, 1.54) is 29.2 Å². The van der Waals surface area contributed by atoms with Gasteiger partial charge >= 0.3 is 0 Å². The monoisotopic (exact) mass is 452 g/mol. The van der Waals surface area contributed by atoms with Crippen molar-refractivity contribution in [1.82, 2.24) is 9.47 Å². The number of carbonyl (C=O) groups excluding carboxylic acids is 1. The number of hydrogen-bond acceptors (Lipinski definition) is 4. The minimum atomic E-state index is -3.75. The molecular formula is C24H28N4O3S. The first-order valence-corrected chi connectivity index (χ1v) is 12.1. The third-order valence-electron chi connectivity index (χ3n) is 5.93. The van der Waals surface area contributed by atoms with Gasteiger partial charge in [-0.25, -0.2) is 8.42 Å². The van der Waals surface area contributed by atoms with Gasteiger partial charge in [-0.1, -0.05) is 24.3 Å². The molecule has 168 valence electrons. The Bertz CT molecular complexity index is 1190. The number of hydrogen-bond donors (Lipinski definition) is 1.